The summed E-state index contributed by atoms with van der Waals surface area (Å²) in [5, 5.41) is 0. The first kappa shape index (κ1) is 5.61. The zero-order valence-electron chi connectivity index (χ0n) is 3.32. The minimum Gasteiger partial charge on any atom is -0.357 e. The Balaban J connectivity index is 2.85. The highest BCUT2D eigenvalue weighted by Gasteiger charge is 1.66. The fraction of sp³-hybridized carbons (Fsp3) is 1.00. The van der Waals surface area contributed by atoms with Gasteiger partial charge >= 0.3 is 0 Å². The molecule has 0 saturated heterocycles. The lowest BCUT2D eigenvalue weighted by Gasteiger charge is -1.84. The van der Waals surface area contributed by atoms with Crippen LogP contribution in [0.25, 0.3) is 0 Å². The van der Waals surface area contributed by atoms with Gasteiger partial charge in [0.1, 0.15) is 0 Å². The summed E-state index contributed by atoms with van der Waals surface area (Å²) in [5.41, 5.74) is 0. The molecule has 0 aromatic carbocycles. The molecule has 3 heteroatoms. The Bertz CT molecular complexity index is 44.9. The van der Waals surface area contributed by atoms with Crippen LogP contribution in [0.1, 0.15) is 0 Å². The maximum absolute atomic E-state index is 4.67. The van der Waals surface area contributed by atoms with Gasteiger partial charge in [0, 0.05) is 7.11 Å². The molecular weight excluding hydrogens is 103 g/mol. The molecule has 0 fully saturated rings. The molecule has 0 aromatic heterocycles. The van der Waals surface area contributed by atoms with Gasteiger partial charge in [-0.2, -0.15) is 0 Å². The van der Waals surface area contributed by atoms with E-state index in [4.69, 9.17) is 0 Å². The van der Waals surface area contributed by atoms with E-state index in [0.29, 0.717) is 0 Å². The Morgan fingerprint density at radius 3 is 2.00 bits per heavy atom. The van der Waals surface area contributed by atoms with Crippen LogP contribution in [0, 0.1) is 0 Å². The Morgan fingerprint density at radius 1 is 1.80 bits per heavy atom. The maximum atomic E-state index is 4.67. The van der Waals surface area contributed by atoms with Crippen molar-refractivity contribution in [2.75, 3.05) is 13.8 Å². The molecule has 0 aliphatic carbocycles. The van der Waals surface area contributed by atoms with Crippen molar-refractivity contribution in [3.63, 3.8) is 0 Å². The minimum atomic E-state index is -0.791. The highest BCUT2D eigenvalue weighted by Crippen LogP contribution is 2.11. The molecule has 0 N–H and O–H groups in total. The molecule has 1 atom stereocenters. The molecule has 0 spiro atoms. The number of hydrogen-bond donors (Lipinski definition) is 0. The fourth-order valence-corrected chi connectivity index (χ4v) is 0. The third-order valence-electron chi connectivity index (χ3n) is 0.287. The van der Waals surface area contributed by atoms with Crippen molar-refractivity contribution in [1.82, 2.24) is 0 Å². The monoisotopic (exact) mass is 110 g/mol. The lowest BCUT2D eigenvalue weighted by atomic mass is 11.8. The van der Waals surface area contributed by atoms with E-state index in [1.165, 1.54) is 0 Å². The smallest absolute Gasteiger partial charge is 0.0526 e. The van der Waals surface area contributed by atoms with Gasteiger partial charge in [-0.15, -0.1) is 0 Å². The average Bonchev–Trinajstić information content (AvgIpc) is 1.38. The topological polar surface area (TPSA) is 9.23 Å². The van der Waals surface area contributed by atoms with Crippen LogP contribution in [0.5, 0.6) is 0 Å². The van der Waals surface area contributed by atoms with Gasteiger partial charge in [-0.05, 0) is 6.66 Å². The van der Waals surface area contributed by atoms with Crippen molar-refractivity contribution in [1.29, 1.82) is 0 Å². The molecule has 0 bridgehead atoms. The van der Waals surface area contributed by atoms with Gasteiger partial charge in [-0.3, -0.25) is 0 Å². The Kier molecular flexibility index (Phi) is 3.17. The molecule has 0 aliphatic heterocycles. The molecule has 32 valence electrons. The minimum absolute atomic E-state index is 0.791. The van der Waals surface area contributed by atoms with Gasteiger partial charge in [0.05, 0.1) is 6.92 Å². The van der Waals surface area contributed by atoms with Crippen molar-refractivity contribution < 1.29 is 4.52 Å². The van der Waals surface area contributed by atoms with Crippen molar-refractivity contribution in [3.05, 3.63) is 0 Å². The first-order valence-electron chi connectivity index (χ1n) is 1.32. The standard InChI is InChI=1S/C2H7OPS/c1-3-4(2)5/h4H,1-2H3. The highest BCUT2D eigenvalue weighted by molar-refractivity contribution is 8.02. The summed E-state index contributed by atoms with van der Waals surface area (Å²) in [7, 11) is 1.64. The van der Waals surface area contributed by atoms with Crippen molar-refractivity contribution >= 4 is 18.7 Å². The third-order valence-corrected chi connectivity index (χ3v) is 1.36. The molecule has 0 radical (unpaired) electrons. The average molecular weight is 110 g/mol. The summed E-state index contributed by atoms with van der Waals surface area (Å²) in [4.78, 5) is 0. The van der Waals surface area contributed by atoms with E-state index in [1.54, 1.807) is 7.11 Å². The lowest BCUT2D eigenvalue weighted by molar-refractivity contribution is 0.477. The number of hydrogen-bond acceptors (Lipinski definition) is 2. The van der Waals surface area contributed by atoms with Gasteiger partial charge < -0.3 is 4.52 Å². The summed E-state index contributed by atoms with van der Waals surface area (Å²) in [6, 6.07) is 0. The van der Waals surface area contributed by atoms with E-state index in [1.807, 2.05) is 6.66 Å². The van der Waals surface area contributed by atoms with Crippen LogP contribution in [0.3, 0.4) is 0 Å². The van der Waals surface area contributed by atoms with Crippen molar-refractivity contribution in [2.24, 2.45) is 0 Å². The second-order valence-electron chi connectivity index (χ2n) is 0.696. The van der Waals surface area contributed by atoms with E-state index in [2.05, 4.69) is 16.3 Å². The predicted octanol–water partition coefficient (Wildman–Crippen LogP) is 0.854. The summed E-state index contributed by atoms with van der Waals surface area (Å²) in [6.07, 6.45) is 0. The summed E-state index contributed by atoms with van der Waals surface area (Å²) in [5.74, 6) is 0. The van der Waals surface area contributed by atoms with E-state index < -0.39 is 6.92 Å². The first-order chi connectivity index (χ1) is 2.27. The van der Waals surface area contributed by atoms with E-state index in [9.17, 15) is 0 Å². The molecule has 1 unspecified atom stereocenters. The quantitative estimate of drug-likeness (QED) is 0.463. The van der Waals surface area contributed by atoms with Crippen molar-refractivity contribution in [2.45, 2.75) is 0 Å². The molecule has 0 amide bonds. The van der Waals surface area contributed by atoms with Crippen LogP contribution in [0.15, 0.2) is 0 Å². The largest absolute Gasteiger partial charge is 0.357 e. The van der Waals surface area contributed by atoms with Gasteiger partial charge in [0.2, 0.25) is 0 Å². The van der Waals surface area contributed by atoms with Crippen LogP contribution in [-0.2, 0) is 16.3 Å². The second kappa shape index (κ2) is 2.83. The van der Waals surface area contributed by atoms with Crippen LogP contribution in [-0.4, -0.2) is 13.8 Å². The molecular formula is C2H7OPS. The van der Waals surface area contributed by atoms with Gasteiger partial charge in [-0.1, -0.05) is 11.8 Å². The van der Waals surface area contributed by atoms with E-state index in [-0.39, 0.29) is 0 Å². The molecule has 0 rings (SSSR count). The zero-order chi connectivity index (χ0) is 4.28. The SMILES string of the molecule is CO[PH](C)=S. The lowest BCUT2D eigenvalue weighted by Crippen LogP contribution is -1.55. The zero-order valence-corrected chi connectivity index (χ0v) is 5.13. The van der Waals surface area contributed by atoms with Crippen LogP contribution < -0.4 is 0 Å². The molecule has 0 saturated carbocycles. The summed E-state index contributed by atoms with van der Waals surface area (Å²) >= 11 is 4.66. The molecule has 0 aromatic rings. The molecule has 1 nitrogen and oxygen atoms in total. The second-order valence-corrected chi connectivity index (χ2v) is 3.81. The number of rotatable bonds is 1. The van der Waals surface area contributed by atoms with E-state index in [0.717, 1.165) is 0 Å². The highest BCUT2D eigenvalue weighted by atomic mass is 32.4. The molecule has 5 heavy (non-hydrogen) atoms. The summed E-state index contributed by atoms with van der Waals surface area (Å²) < 4.78 is 4.67. The van der Waals surface area contributed by atoms with Gasteiger partial charge in [0.25, 0.3) is 0 Å². The molecule has 0 aliphatic rings. The third kappa shape index (κ3) is 4.61. The fourth-order valence-electron chi connectivity index (χ4n) is 0. The molecule has 0 heterocycles. The maximum Gasteiger partial charge on any atom is 0.0526 e. The van der Waals surface area contributed by atoms with Crippen LogP contribution in [0.4, 0.5) is 0 Å². The Hall–Kier alpha value is 0.610. The van der Waals surface area contributed by atoms with E-state index >= 15 is 0 Å². The Morgan fingerprint density at radius 2 is 2.00 bits per heavy atom. The predicted molar refractivity (Wildman–Crippen MR) is 28.6 cm³/mol. The Labute approximate surface area is 37.8 Å². The van der Waals surface area contributed by atoms with Crippen molar-refractivity contribution in [3.8, 4) is 0 Å². The normalized spacial score (nSPS) is 14.8. The summed E-state index contributed by atoms with van der Waals surface area (Å²) in [6.45, 7) is 1.13. The van der Waals surface area contributed by atoms with Crippen LogP contribution >= 0.6 is 6.92 Å². The first-order valence-corrected chi connectivity index (χ1v) is 4.36. The van der Waals surface area contributed by atoms with Gasteiger partial charge in [0.15, 0.2) is 0 Å². The van der Waals surface area contributed by atoms with Crippen LogP contribution in [0.2, 0.25) is 0 Å². The van der Waals surface area contributed by atoms with Gasteiger partial charge in [-0.25, -0.2) is 0 Å².